The molecule has 6 heteroatoms. The van der Waals surface area contributed by atoms with Gasteiger partial charge in [0, 0.05) is 11.6 Å². The van der Waals surface area contributed by atoms with Crippen molar-refractivity contribution in [3.8, 4) is 11.5 Å². The molecule has 0 fully saturated rings. The molecule has 1 heterocycles. The van der Waals surface area contributed by atoms with Gasteiger partial charge in [0.15, 0.2) is 0 Å². The van der Waals surface area contributed by atoms with E-state index in [0.29, 0.717) is 22.8 Å². The number of hydrogen-bond acceptors (Lipinski definition) is 4. The van der Waals surface area contributed by atoms with E-state index in [9.17, 15) is 8.78 Å². The summed E-state index contributed by atoms with van der Waals surface area (Å²) in [6.07, 6.45) is -2.51. The van der Waals surface area contributed by atoms with Gasteiger partial charge in [-0.2, -0.15) is 0 Å². The number of halogens is 2. The Morgan fingerprint density at radius 2 is 2.31 bits per heavy atom. The molecule has 0 saturated carbocycles. The van der Waals surface area contributed by atoms with Gasteiger partial charge in [0.05, 0.1) is 0 Å². The predicted octanol–water partition coefficient (Wildman–Crippen LogP) is 1.90. The summed E-state index contributed by atoms with van der Waals surface area (Å²) in [4.78, 5) is 0. The first-order valence-corrected chi connectivity index (χ1v) is 4.60. The third-order valence-electron chi connectivity index (χ3n) is 2.13. The molecular weight excluding hydrogens is 220 g/mol. The predicted molar refractivity (Wildman–Crippen MR) is 51.8 cm³/mol. The van der Waals surface area contributed by atoms with Crippen LogP contribution in [0.25, 0.3) is 0 Å². The molecule has 1 N–H and O–H groups in total. The van der Waals surface area contributed by atoms with Crippen molar-refractivity contribution in [1.29, 1.82) is 0 Å². The molecule has 1 aromatic carbocycles. The highest BCUT2D eigenvalue weighted by molar-refractivity contribution is 6.05. The molecule has 0 aromatic heterocycles. The lowest BCUT2D eigenvalue weighted by molar-refractivity contribution is 0.0818. The van der Waals surface area contributed by atoms with Gasteiger partial charge in [-0.05, 0) is 12.1 Å². The van der Waals surface area contributed by atoms with Crippen molar-refractivity contribution in [3.63, 3.8) is 0 Å². The number of alkyl halides is 2. The van der Waals surface area contributed by atoms with Crippen LogP contribution in [-0.2, 0) is 0 Å². The van der Waals surface area contributed by atoms with E-state index in [1.807, 2.05) is 0 Å². The second-order valence-electron chi connectivity index (χ2n) is 3.20. The van der Waals surface area contributed by atoms with Gasteiger partial charge in [0.25, 0.3) is 6.43 Å². The van der Waals surface area contributed by atoms with Crippen LogP contribution in [0.5, 0.6) is 11.5 Å². The Morgan fingerprint density at radius 1 is 1.50 bits per heavy atom. The highest BCUT2D eigenvalue weighted by Gasteiger charge is 2.20. The first-order chi connectivity index (χ1) is 7.70. The van der Waals surface area contributed by atoms with E-state index in [1.54, 1.807) is 6.07 Å². The second-order valence-corrected chi connectivity index (χ2v) is 3.20. The molecule has 1 aliphatic heterocycles. The van der Waals surface area contributed by atoms with Gasteiger partial charge in [0.2, 0.25) is 0 Å². The molecule has 1 aliphatic rings. The van der Waals surface area contributed by atoms with E-state index in [1.165, 1.54) is 12.1 Å². The molecule has 2 rings (SSSR count). The first kappa shape index (κ1) is 10.7. The Hall–Kier alpha value is -1.85. The van der Waals surface area contributed by atoms with Crippen LogP contribution >= 0.6 is 0 Å². The van der Waals surface area contributed by atoms with Gasteiger partial charge in [0.1, 0.15) is 30.4 Å². The van der Waals surface area contributed by atoms with E-state index in [4.69, 9.17) is 14.7 Å². The van der Waals surface area contributed by atoms with Crippen molar-refractivity contribution in [1.82, 2.24) is 0 Å². The number of ether oxygens (including phenoxy) is 2. The van der Waals surface area contributed by atoms with E-state index >= 15 is 0 Å². The Labute approximate surface area is 90.1 Å². The molecule has 1 aromatic rings. The highest BCUT2D eigenvalue weighted by Crippen LogP contribution is 2.29. The quantitative estimate of drug-likeness (QED) is 0.636. The standard InChI is InChI=1S/C10H9F2NO3/c11-10(12)5-15-6-1-2-7-8(13-14)4-16-9(7)3-6/h1-3,10,14H,4-5H2. The Morgan fingerprint density at radius 3 is 3.00 bits per heavy atom. The van der Waals surface area contributed by atoms with Crippen LogP contribution in [0.1, 0.15) is 5.56 Å². The van der Waals surface area contributed by atoms with Crippen LogP contribution in [0.4, 0.5) is 8.78 Å². The molecule has 0 saturated heterocycles. The topological polar surface area (TPSA) is 51.1 Å². The Kier molecular flexibility index (Phi) is 2.89. The average Bonchev–Trinajstić information content (AvgIpc) is 2.68. The monoisotopic (exact) mass is 229 g/mol. The summed E-state index contributed by atoms with van der Waals surface area (Å²) >= 11 is 0. The molecule has 16 heavy (non-hydrogen) atoms. The SMILES string of the molecule is ON=C1COc2cc(OCC(F)F)ccc21. The van der Waals surface area contributed by atoms with E-state index in [0.717, 1.165) is 0 Å². The Balaban J connectivity index is 2.15. The molecule has 0 amide bonds. The van der Waals surface area contributed by atoms with Crippen molar-refractivity contribution in [3.05, 3.63) is 23.8 Å². The van der Waals surface area contributed by atoms with Gasteiger partial charge in [-0.1, -0.05) is 5.16 Å². The fraction of sp³-hybridized carbons (Fsp3) is 0.300. The zero-order valence-corrected chi connectivity index (χ0v) is 8.19. The van der Waals surface area contributed by atoms with Crippen molar-refractivity contribution >= 4 is 5.71 Å². The molecule has 0 atom stereocenters. The molecule has 0 bridgehead atoms. The molecule has 0 aliphatic carbocycles. The van der Waals surface area contributed by atoms with E-state index < -0.39 is 13.0 Å². The summed E-state index contributed by atoms with van der Waals surface area (Å²) < 4.78 is 33.8. The fourth-order valence-electron chi connectivity index (χ4n) is 1.42. The molecule has 0 radical (unpaired) electrons. The summed E-state index contributed by atoms with van der Waals surface area (Å²) in [5.74, 6) is 0.776. The summed E-state index contributed by atoms with van der Waals surface area (Å²) in [6, 6.07) is 4.63. The van der Waals surface area contributed by atoms with Crippen LogP contribution in [0, 0.1) is 0 Å². The summed E-state index contributed by atoms with van der Waals surface area (Å²) in [5.41, 5.74) is 1.06. The lowest BCUT2D eigenvalue weighted by Crippen LogP contribution is -2.06. The normalized spacial score (nSPS) is 16.3. The maximum atomic E-state index is 11.9. The third kappa shape index (κ3) is 2.05. The zero-order valence-electron chi connectivity index (χ0n) is 8.19. The number of oxime groups is 1. The maximum absolute atomic E-state index is 11.9. The van der Waals surface area contributed by atoms with Crippen LogP contribution < -0.4 is 9.47 Å². The average molecular weight is 229 g/mol. The zero-order chi connectivity index (χ0) is 11.5. The summed E-state index contributed by atoms with van der Waals surface area (Å²) in [7, 11) is 0. The molecule has 0 unspecified atom stereocenters. The number of rotatable bonds is 3. The van der Waals surface area contributed by atoms with Crippen molar-refractivity contribution in [2.45, 2.75) is 6.43 Å². The molecule has 86 valence electrons. The van der Waals surface area contributed by atoms with Gasteiger partial charge < -0.3 is 14.7 Å². The fourth-order valence-corrected chi connectivity index (χ4v) is 1.42. The lowest BCUT2D eigenvalue weighted by atomic mass is 10.1. The molecular formula is C10H9F2NO3. The highest BCUT2D eigenvalue weighted by atomic mass is 19.3. The van der Waals surface area contributed by atoms with Crippen molar-refractivity contribution in [2.24, 2.45) is 5.16 Å². The van der Waals surface area contributed by atoms with Gasteiger partial charge in [-0.3, -0.25) is 0 Å². The van der Waals surface area contributed by atoms with Crippen molar-refractivity contribution in [2.75, 3.05) is 13.2 Å². The number of benzene rings is 1. The smallest absolute Gasteiger partial charge is 0.272 e. The largest absolute Gasteiger partial charge is 0.488 e. The Bertz CT molecular complexity index is 421. The number of fused-ring (bicyclic) bond motifs is 1. The van der Waals surface area contributed by atoms with Crippen LogP contribution in [-0.4, -0.2) is 30.6 Å². The number of nitrogens with zero attached hydrogens (tertiary/aromatic N) is 1. The molecule has 4 nitrogen and oxygen atoms in total. The minimum absolute atomic E-state index is 0.171. The van der Waals surface area contributed by atoms with Gasteiger partial charge in [-0.25, -0.2) is 8.78 Å². The van der Waals surface area contributed by atoms with Crippen LogP contribution in [0.15, 0.2) is 23.4 Å². The van der Waals surface area contributed by atoms with Crippen LogP contribution in [0.3, 0.4) is 0 Å². The molecule has 0 spiro atoms. The minimum atomic E-state index is -2.51. The lowest BCUT2D eigenvalue weighted by Gasteiger charge is -2.06. The van der Waals surface area contributed by atoms with Gasteiger partial charge >= 0.3 is 0 Å². The van der Waals surface area contributed by atoms with Crippen molar-refractivity contribution < 1.29 is 23.5 Å². The second kappa shape index (κ2) is 4.34. The van der Waals surface area contributed by atoms with E-state index in [-0.39, 0.29) is 6.61 Å². The van der Waals surface area contributed by atoms with E-state index in [2.05, 4.69) is 5.16 Å². The minimum Gasteiger partial charge on any atom is -0.488 e. The number of hydrogen-bond donors (Lipinski definition) is 1. The van der Waals surface area contributed by atoms with Gasteiger partial charge in [-0.15, -0.1) is 0 Å². The third-order valence-corrected chi connectivity index (χ3v) is 2.13. The summed E-state index contributed by atoms with van der Waals surface area (Å²) in [6.45, 7) is -0.482. The first-order valence-electron chi connectivity index (χ1n) is 4.60. The summed E-state index contributed by atoms with van der Waals surface area (Å²) in [5, 5.41) is 11.7. The van der Waals surface area contributed by atoms with Crippen LogP contribution in [0.2, 0.25) is 0 Å². The maximum Gasteiger partial charge on any atom is 0.272 e.